The van der Waals surface area contributed by atoms with Crippen molar-refractivity contribution in [2.45, 2.75) is 13.1 Å². The lowest BCUT2D eigenvalue weighted by atomic mass is 10.1. The van der Waals surface area contributed by atoms with Gasteiger partial charge in [0.25, 0.3) is 0 Å². The largest absolute Gasteiger partial charge is 0.462 e. The molecule has 1 N–H and O–H groups in total. The Morgan fingerprint density at radius 2 is 1.97 bits per heavy atom. The van der Waals surface area contributed by atoms with Crippen molar-refractivity contribution < 1.29 is 27.1 Å². The van der Waals surface area contributed by atoms with Gasteiger partial charge in [0.15, 0.2) is 11.5 Å². The number of alkyl halides is 3. The van der Waals surface area contributed by atoms with Gasteiger partial charge in [0, 0.05) is 41.6 Å². The monoisotopic (exact) mass is 506 g/mol. The highest BCUT2D eigenvalue weighted by Gasteiger charge is 2.34. The summed E-state index contributed by atoms with van der Waals surface area (Å²) in [6.45, 7) is 1.80. The maximum Gasteiger partial charge on any atom is 0.435 e. The van der Waals surface area contributed by atoms with E-state index in [2.05, 4.69) is 25.4 Å². The molecule has 3 heterocycles. The molecule has 1 aromatic carbocycles. The number of carbonyl (C=O) groups excluding carboxylic acids is 1. The number of halogens is 5. The van der Waals surface area contributed by atoms with Crippen LogP contribution in [0.3, 0.4) is 0 Å². The summed E-state index contributed by atoms with van der Waals surface area (Å²) >= 11 is 5.80. The van der Waals surface area contributed by atoms with Crippen molar-refractivity contribution in [2.75, 3.05) is 11.9 Å². The fraction of sp³-hybridized carbons (Fsp3) is 0.136. The molecule has 13 heteroatoms. The number of ether oxygens (including phenoxy) is 1. The number of pyridine rings is 1. The first-order valence-electron chi connectivity index (χ1n) is 10.0. The standard InChI is InChI=1S/C22H15ClF4N6O2/c1-2-35-20(34)13-7-12(9-28-10-13)15-11-29-21(30-14-3-4-17(24)16(23)8-14)31-19(15)33-6-5-18(32-33)22(25,26)27/h3-11H,2H2,1H3,(H,29,30,31). The van der Waals surface area contributed by atoms with Gasteiger partial charge in [0.05, 0.1) is 17.2 Å². The van der Waals surface area contributed by atoms with E-state index in [9.17, 15) is 22.4 Å². The second-order valence-corrected chi connectivity index (χ2v) is 7.42. The Kier molecular flexibility index (Phi) is 6.65. The van der Waals surface area contributed by atoms with Crippen LogP contribution < -0.4 is 5.32 Å². The van der Waals surface area contributed by atoms with E-state index in [1.54, 1.807) is 6.92 Å². The Bertz CT molecular complexity index is 1390. The number of nitrogens with one attached hydrogen (secondary N) is 1. The lowest BCUT2D eigenvalue weighted by Gasteiger charge is -2.12. The van der Waals surface area contributed by atoms with E-state index in [0.29, 0.717) is 11.3 Å². The Balaban J connectivity index is 1.80. The van der Waals surface area contributed by atoms with Crippen LogP contribution in [0.1, 0.15) is 23.0 Å². The quantitative estimate of drug-likeness (QED) is 0.274. The van der Waals surface area contributed by atoms with Crippen molar-refractivity contribution in [3.63, 3.8) is 0 Å². The minimum absolute atomic E-state index is 0.0232. The molecule has 35 heavy (non-hydrogen) atoms. The molecule has 3 aromatic heterocycles. The van der Waals surface area contributed by atoms with Crippen molar-refractivity contribution in [3.05, 3.63) is 77.2 Å². The van der Waals surface area contributed by atoms with Crippen molar-refractivity contribution in [2.24, 2.45) is 0 Å². The van der Waals surface area contributed by atoms with Gasteiger partial charge in [-0.3, -0.25) is 4.98 Å². The first-order chi connectivity index (χ1) is 16.7. The smallest absolute Gasteiger partial charge is 0.435 e. The summed E-state index contributed by atoms with van der Waals surface area (Å²) in [7, 11) is 0. The number of anilines is 2. The SMILES string of the molecule is CCOC(=O)c1cncc(-c2cnc(Nc3ccc(F)c(Cl)c3)nc2-n2ccc(C(F)(F)F)n2)c1. The molecular formula is C22H15ClF4N6O2. The van der Waals surface area contributed by atoms with Gasteiger partial charge >= 0.3 is 12.1 Å². The first-order valence-corrected chi connectivity index (χ1v) is 10.4. The van der Waals surface area contributed by atoms with Crippen molar-refractivity contribution in [1.29, 1.82) is 0 Å². The molecule has 180 valence electrons. The van der Waals surface area contributed by atoms with Crippen LogP contribution in [0.4, 0.5) is 29.2 Å². The van der Waals surface area contributed by atoms with Crippen LogP contribution >= 0.6 is 11.6 Å². The van der Waals surface area contributed by atoms with E-state index >= 15 is 0 Å². The van der Waals surface area contributed by atoms with E-state index in [4.69, 9.17) is 16.3 Å². The molecule has 4 rings (SSSR count). The van der Waals surface area contributed by atoms with Crippen LogP contribution in [-0.2, 0) is 10.9 Å². The summed E-state index contributed by atoms with van der Waals surface area (Å²) in [4.78, 5) is 24.6. The number of nitrogens with zero attached hydrogens (tertiary/aromatic N) is 5. The molecule has 4 aromatic rings. The molecule has 0 aliphatic carbocycles. The minimum Gasteiger partial charge on any atom is -0.462 e. The van der Waals surface area contributed by atoms with Gasteiger partial charge in [-0.1, -0.05) is 11.6 Å². The highest BCUT2D eigenvalue weighted by molar-refractivity contribution is 6.31. The molecule has 0 amide bonds. The van der Waals surface area contributed by atoms with Gasteiger partial charge in [-0.15, -0.1) is 0 Å². The molecule has 8 nitrogen and oxygen atoms in total. The Morgan fingerprint density at radius 1 is 1.17 bits per heavy atom. The van der Waals surface area contributed by atoms with E-state index in [-0.39, 0.29) is 34.5 Å². The maximum absolute atomic E-state index is 13.5. The summed E-state index contributed by atoms with van der Waals surface area (Å²) in [5, 5.41) is 6.26. The summed E-state index contributed by atoms with van der Waals surface area (Å²) in [6, 6.07) is 6.08. The summed E-state index contributed by atoms with van der Waals surface area (Å²) in [6.07, 6.45) is 0.445. The summed E-state index contributed by atoms with van der Waals surface area (Å²) in [5.41, 5.74) is -0.0677. The average molecular weight is 507 g/mol. The van der Waals surface area contributed by atoms with Crippen molar-refractivity contribution in [1.82, 2.24) is 24.7 Å². The molecule has 0 atom stereocenters. The van der Waals surface area contributed by atoms with Gasteiger partial charge in [-0.2, -0.15) is 23.3 Å². The Labute approximate surface area is 200 Å². The Morgan fingerprint density at radius 3 is 2.66 bits per heavy atom. The highest BCUT2D eigenvalue weighted by Crippen LogP contribution is 2.31. The van der Waals surface area contributed by atoms with Gasteiger partial charge in [0.2, 0.25) is 5.95 Å². The summed E-state index contributed by atoms with van der Waals surface area (Å²) in [5.74, 6) is -1.30. The van der Waals surface area contributed by atoms with Crippen molar-refractivity contribution in [3.8, 4) is 16.9 Å². The predicted molar refractivity (Wildman–Crippen MR) is 118 cm³/mol. The number of benzene rings is 1. The third kappa shape index (κ3) is 5.38. The number of esters is 1. The number of hydrogen-bond acceptors (Lipinski definition) is 7. The molecule has 0 fully saturated rings. The van der Waals surface area contributed by atoms with Crippen molar-refractivity contribution >= 4 is 29.2 Å². The average Bonchev–Trinajstić information content (AvgIpc) is 3.33. The first kappa shape index (κ1) is 24.1. The lowest BCUT2D eigenvalue weighted by molar-refractivity contribution is -0.141. The third-order valence-corrected chi connectivity index (χ3v) is 4.89. The second kappa shape index (κ2) is 9.66. The zero-order valence-corrected chi connectivity index (χ0v) is 18.6. The number of carbonyl (C=O) groups is 1. The fourth-order valence-electron chi connectivity index (χ4n) is 3.02. The third-order valence-electron chi connectivity index (χ3n) is 4.60. The molecule has 0 bridgehead atoms. The Hall–Kier alpha value is -4.06. The van der Waals surface area contributed by atoms with Gasteiger partial charge in [-0.25, -0.2) is 18.9 Å². The molecular weight excluding hydrogens is 492 g/mol. The van der Waals surface area contributed by atoms with Gasteiger partial charge in [0.1, 0.15) is 5.82 Å². The topological polar surface area (TPSA) is 94.8 Å². The number of aromatic nitrogens is 5. The maximum atomic E-state index is 13.5. The van der Waals surface area contributed by atoms with Crippen LogP contribution in [0.25, 0.3) is 16.9 Å². The molecule has 0 spiro atoms. The molecule has 0 aliphatic rings. The molecule has 0 saturated heterocycles. The van der Waals surface area contributed by atoms with E-state index in [0.717, 1.165) is 23.0 Å². The number of hydrogen-bond donors (Lipinski definition) is 1. The van der Waals surface area contributed by atoms with Crippen LogP contribution in [-0.4, -0.2) is 37.3 Å². The van der Waals surface area contributed by atoms with Crippen LogP contribution in [0.15, 0.2) is 55.1 Å². The minimum atomic E-state index is -4.67. The predicted octanol–water partition coefficient (Wildman–Crippen LogP) is 5.46. The molecule has 0 aliphatic heterocycles. The molecule has 0 unspecified atom stereocenters. The summed E-state index contributed by atoms with van der Waals surface area (Å²) < 4.78 is 58.9. The highest BCUT2D eigenvalue weighted by atomic mass is 35.5. The normalized spacial score (nSPS) is 11.4. The van der Waals surface area contributed by atoms with E-state index in [1.807, 2.05) is 0 Å². The molecule has 0 radical (unpaired) electrons. The van der Waals surface area contributed by atoms with E-state index in [1.165, 1.54) is 36.8 Å². The zero-order valence-electron chi connectivity index (χ0n) is 17.8. The second-order valence-electron chi connectivity index (χ2n) is 7.01. The lowest BCUT2D eigenvalue weighted by Crippen LogP contribution is -2.10. The van der Waals surface area contributed by atoms with E-state index < -0.39 is 23.7 Å². The fourth-order valence-corrected chi connectivity index (χ4v) is 3.20. The van der Waals surface area contributed by atoms with Gasteiger partial charge in [-0.05, 0) is 37.3 Å². The van der Waals surface area contributed by atoms with Gasteiger partial charge < -0.3 is 10.1 Å². The number of rotatable bonds is 6. The van der Waals surface area contributed by atoms with Crippen LogP contribution in [0.2, 0.25) is 5.02 Å². The molecule has 0 saturated carbocycles. The van der Waals surface area contributed by atoms with Crippen LogP contribution in [0, 0.1) is 5.82 Å². The zero-order chi connectivity index (χ0) is 25.2. The van der Waals surface area contributed by atoms with Crippen LogP contribution in [0.5, 0.6) is 0 Å².